The fourth-order valence-electron chi connectivity index (χ4n) is 4.51. The molecule has 0 saturated carbocycles. The van der Waals surface area contributed by atoms with E-state index in [0.717, 1.165) is 22.1 Å². The SMILES string of the molecule is CCC1=C(C(=O)OC)[C@H](c2ccccc2)N2C(CC(=O)N3C[C@H](C)O[C@@H](C)C3)=CSC2=N1. The third-order valence-electron chi connectivity index (χ3n) is 5.85. The average molecular weight is 456 g/mol. The quantitative estimate of drug-likeness (QED) is 0.628. The number of benzene rings is 1. The molecule has 0 bridgehead atoms. The topological polar surface area (TPSA) is 71.4 Å². The van der Waals surface area contributed by atoms with Gasteiger partial charge in [0.15, 0.2) is 5.17 Å². The Morgan fingerprint density at radius 1 is 1.19 bits per heavy atom. The summed E-state index contributed by atoms with van der Waals surface area (Å²) >= 11 is 1.50. The molecule has 170 valence electrons. The van der Waals surface area contributed by atoms with Crippen LogP contribution in [0.1, 0.15) is 45.2 Å². The first kappa shape index (κ1) is 22.6. The maximum absolute atomic E-state index is 13.2. The van der Waals surface area contributed by atoms with E-state index in [1.165, 1.54) is 18.9 Å². The monoisotopic (exact) mass is 455 g/mol. The summed E-state index contributed by atoms with van der Waals surface area (Å²) in [6.45, 7) is 7.13. The summed E-state index contributed by atoms with van der Waals surface area (Å²) < 4.78 is 10.9. The van der Waals surface area contributed by atoms with Gasteiger partial charge in [-0.05, 0) is 31.2 Å². The summed E-state index contributed by atoms with van der Waals surface area (Å²) in [7, 11) is 1.39. The van der Waals surface area contributed by atoms with Crippen LogP contribution < -0.4 is 0 Å². The lowest BCUT2D eigenvalue weighted by molar-refractivity contribution is -0.142. The predicted molar refractivity (Wildman–Crippen MR) is 125 cm³/mol. The Kier molecular flexibility index (Phi) is 6.71. The van der Waals surface area contributed by atoms with Crippen molar-refractivity contribution in [2.75, 3.05) is 20.2 Å². The number of hydrogen-bond acceptors (Lipinski definition) is 7. The molecule has 0 spiro atoms. The number of fused-ring (bicyclic) bond motifs is 1. The number of aliphatic imine (C=N–C) groups is 1. The summed E-state index contributed by atoms with van der Waals surface area (Å²) in [5, 5.41) is 2.77. The van der Waals surface area contributed by atoms with Crippen molar-refractivity contribution in [1.82, 2.24) is 9.80 Å². The maximum Gasteiger partial charge on any atom is 0.338 e. The number of methoxy groups -OCH3 is 1. The highest BCUT2D eigenvalue weighted by molar-refractivity contribution is 8.16. The Balaban J connectivity index is 1.67. The number of rotatable bonds is 5. The van der Waals surface area contributed by atoms with Crippen LogP contribution in [0.4, 0.5) is 0 Å². The minimum atomic E-state index is -0.392. The molecule has 8 heteroatoms. The van der Waals surface area contributed by atoms with Crippen molar-refractivity contribution in [2.24, 2.45) is 4.99 Å². The van der Waals surface area contributed by atoms with Crippen LogP contribution in [0.2, 0.25) is 0 Å². The molecule has 0 aromatic heterocycles. The highest BCUT2D eigenvalue weighted by atomic mass is 32.2. The molecule has 0 aliphatic carbocycles. The fraction of sp³-hybridized carbons (Fsp3) is 0.458. The number of allylic oxidation sites excluding steroid dienone is 1. The van der Waals surface area contributed by atoms with E-state index >= 15 is 0 Å². The number of ether oxygens (including phenoxy) is 2. The number of carbonyl (C=O) groups is 2. The van der Waals surface area contributed by atoms with Crippen molar-refractivity contribution in [3.63, 3.8) is 0 Å². The normalized spacial score (nSPS) is 25.3. The van der Waals surface area contributed by atoms with Crippen LogP contribution >= 0.6 is 11.8 Å². The van der Waals surface area contributed by atoms with Gasteiger partial charge in [-0.1, -0.05) is 49.0 Å². The Morgan fingerprint density at radius 3 is 2.50 bits per heavy atom. The third-order valence-corrected chi connectivity index (χ3v) is 6.74. The summed E-state index contributed by atoms with van der Waals surface area (Å²) in [6, 6.07) is 9.46. The van der Waals surface area contributed by atoms with Crippen LogP contribution in [-0.4, -0.2) is 59.3 Å². The molecular formula is C24H29N3O4S. The van der Waals surface area contributed by atoms with E-state index in [2.05, 4.69) is 0 Å². The van der Waals surface area contributed by atoms with Crippen molar-refractivity contribution in [3.05, 3.63) is 58.3 Å². The van der Waals surface area contributed by atoms with E-state index in [4.69, 9.17) is 14.5 Å². The lowest BCUT2D eigenvalue weighted by atomic mass is 9.93. The van der Waals surface area contributed by atoms with Gasteiger partial charge < -0.3 is 19.3 Å². The van der Waals surface area contributed by atoms with Crippen LogP contribution in [-0.2, 0) is 19.1 Å². The minimum absolute atomic E-state index is 0.0137. The van der Waals surface area contributed by atoms with Crippen molar-refractivity contribution in [1.29, 1.82) is 0 Å². The molecule has 3 aliphatic heterocycles. The number of esters is 1. The van der Waals surface area contributed by atoms with E-state index in [0.29, 0.717) is 25.1 Å². The zero-order chi connectivity index (χ0) is 22.8. The molecule has 1 aromatic carbocycles. The first-order valence-electron chi connectivity index (χ1n) is 11.0. The molecule has 1 amide bonds. The summed E-state index contributed by atoms with van der Waals surface area (Å²) in [4.78, 5) is 34.7. The number of thioether (sulfide) groups is 1. The van der Waals surface area contributed by atoms with Gasteiger partial charge in [-0.3, -0.25) is 4.79 Å². The van der Waals surface area contributed by atoms with Crippen LogP contribution in [0.15, 0.2) is 57.7 Å². The van der Waals surface area contributed by atoms with E-state index in [1.807, 2.05) is 66.3 Å². The van der Waals surface area contributed by atoms with Crippen LogP contribution in [0.5, 0.6) is 0 Å². The Labute approximate surface area is 193 Å². The summed E-state index contributed by atoms with van der Waals surface area (Å²) in [6.07, 6.45) is 0.883. The van der Waals surface area contributed by atoms with Gasteiger partial charge in [0.05, 0.1) is 43.1 Å². The number of morpholine rings is 1. The molecular weight excluding hydrogens is 426 g/mol. The second-order valence-electron chi connectivity index (χ2n) is 8.24. The molecule has 4 rings (SSSR count). The van der Waals surface area contributed by atoms with Gasteiger partial charge in [0.1, 0.15) is 0 Å². The van der Waals surface area contributed by atoms with Crippen LogP contribution in [0.25, 0.3) is 0 Å². The molecule has 0 unspecified atom stereocenters. The maximum atomic E-state index is 13.2. The molecule has 1 saturated heterocycles. The Bertz CT molecular complexity index is 978. The molecule has 3 heterocycles. The van der Waals surface area contributed by atoms with E-state index in [-0.39, 0.29) is 30.6 Å². The molecule has 7 nitrogen and oxygen atoms in total. The molecule has 3 atom stereocenters. The minimum Gasteiger partial charge on any atom is -0.466 e. The number of nitrogens with zero attached hydrogens (tertiary/aromatic N) is 3. The van der Waals surface area contributed by atoms with Gasteiger partial charge in [0, 0.05) is 18.8 Å². The first-order valence-corrected chi connectivity index (χ1v) is 11.8. The first-order chi connectivity index (χ1) is 15.4. The van der Waals surface area contributed by atoms with Crippen LogP contribution in [0, 0.1) is 0 Å². The Hall–Kier alpha value is -2.58. The standard InChI is InChI=1S/C24H29N3O4S/c1-5-19-21(23(29)30-4)22(17-9-7-6-8-10-17)27-18(14-32-24(27)25-19)11-20(28)26-12-15(2)31-16(3)13-26/h6-10,14-16,22H,5,11-13H2,1-4H3/t15-,16-,22-/m0/s1. The van der Waals surface area contributed by atoms with Gasteiger partial charge in [0.2, 0.25) is 5.91 Å². The summed E-state index contributed by atoms with van der Waals surface area (Å²) in [5.41, 5.74) is 3.05. The van der Waals surface area contributed by atoms with E-state index in [9.17, 15) is 9.59 Å². The smallest absolute Gasteiger partial charge is 0.338 e. The molecule has 1 fully saturated rings. The predicted octanol–water partition coefficient (Wildman–Crippen LogP) is 3.85. The number of carbonyl (C=O) groups excluding carboxylic acids is 2. The highest BCUT2D eigenvalue weighted by Gasteiger charge is 2.42. The largest absolute Gasteiger partial charge is 0.466 e. The highest BCUT2D eigenvalue weighted by Crippen LogP contribution is 2.45. The van der Waals surface area contributed by atoms with Crippen molar-refractivity contribution < 1.29 is 19.1 Å². The fourth-order valence-corrected chi connectivity index (χ4v) is 5.45. The molecule has 3 aliphatic rings. The van der Waals surface area contributed by atoms with Gasteiger partial charge in [-0.25, -0.2) is 9.79 Å². The second-order valence-corrected chi connectivity index (χ2v) is 9.08. The van der Waals surface area contributed by atoms with Gasteiger partial charge in [0.25, 0.3) is 0 Å². The van der Waals surface area contributed by atoms with Crippen molar-refractivity contribution in [2.45, 2.75) is 51.9 Å². The van der Waals surface area contributed by atoms with Crippen molar-refractivity contribution >= 4 is 28.8 Å². The van der Waals surface area contributed by atoms with Crippen molar-refractivity contribution in [3.8, 4) is 0 Å². The van der Waals surface area contributed by atoms with Gasteiger partial charge in [-0.2, -0.15) is 0 Å². The van der Waals surface area contributed by atoms with Gasteiger partial charge >= 0.3 is 5.97 Å². The van der Waals surface area contributed by atoms with E-state index < -0.39 is 5.97 Å². The molecule has 0 radical (unpaired) electrons. The lowest BCUT2D eigenvalue weighted by Crippen LogP contribution is -2.48. The number of hydrogen-bond donors (Lipinski definition) is 0. The Morgan fingerprint density at radius 2 is 1.88 bits per heavy atom. The average Bonchev–Trinajstić information content (AvgIpc) is 3.19. The zero-order valence-electron chi connectivity index (χ0n) is 18.9. The molecule has 1 aromatic rings. The van der Waals surface area contributed by atoms with Gasteiger partial charge in [-0.15, -0.1) is 0 Å². The zero-order valence-corrected chi connectivity index (χ0v) is 19.7. The van der Waals surface area contributed by atoms with Crippen LogP contribution in [0.3, 0.4) is 0 Å². The van der Waals surface area contributed by atoms with E-state index in [1.54, 1.807) is 0 Å². The second kappa shape index (κ2) is 9.50. The third kappa shape index (κ3) is 4.34. The molecule has 0 N–H and O–H groups in total. The number of amides is 1. The summed E-state index contributed by atoms with van der Waals surface area (Å²) in [5.74, 6) is -0.339. The lowest BCUT2D eigenvalue weighted by Gasteiger charge is -2.38. The molecule has 32 heavy (non-hydrogen) atoms. The number of amidine groups is 1.